The molecule has 0 atom stereocenters. The van der Waals surface area contributed by atoms with Crippen LogP contribution < -0.4 is 0 Å². The topological polar surface area (TPSA) is 9.86 Å². The Hall–Kier alpha value is -9.76. The third kappa shape index (κ3) is 6.06. The van der Waals surface area contributed by atoms with Crippen LogP contribution in [0.2, 0.25) is 0 Å². The van der Waals surface area contributed by atoms with Crippen molar-refractivity contribution in [3.05, 3.63) is 267 Å². The van der Waals surface area contributed by atoms with E-state index in [1.807, 2.05) is 0 Å². The van der Waals surface area contributed by atoms with Gasteiger partial charge in [-0.2, -0.15) is 0 Å². The molecule has 0 aliphatic heterocycles. The zero-order chi connectivity index (χ0) is 48.4. The first-order valence-electron chi connectivity index (χ1n) is 25.7. The van der Waals surface area contributed by atoms with E-state index in [2.05, 4.69) is 276 Å². The van der Waals surface area contributed by atoms with Crippen molar-refractivity contribution < 1.29 is 0 Å². The van der Waals surface area contributed by atoms with Gasteiger partial charge in [-0.25, -0.2) is 0 Å². The molecule has 0 unspecified atom stereocenters. The molecule has 0 aliphatic carbocycles. The summed E-state index contributed by atoms with van der Waals surface area (Å²) in [5, 5.41) is 19.9. The fourth-order valence-electron chi connectivity index (χ4n) is 12.7. The number of rotatable bonds is 6. The monoisotopic (exact) mass is 936 g/mol. The van der Waals surface area contributed by atoms with Crippen LogP contribution in [0.5, 0.6) is 0 Å². The molecule has 74 heavy (non-hydrogen) atoms. The van der Waals surface area contributed by atoms with Crippen LogP contribution in [0.4, 0.5) is 0 Å². The number of fused-ring (bicyclic) bond motifs is 8. The summed E-state index contributed by atoms with van der Waals surface area (Å²) in [6.07, 6.45) is 0. The van der Waals surface area contributed by atoms with Crippen molar-refractivity contribution in [2.45, 2.75) is 0 Å². The van der Waals surface area contributed by atoms with Gasteiger partial charge < -0.3 is 9.13 Å². The molecule has 0 spiro atoms. The highest BCUT2D eigenvalue weighted by atomic mass is 15.0. The van der Waals surface area contributed by atoms with E-state index < -0.39 is 0 Å². The van der Waals surface area contributed by atoms with Crippen LogP contribution in [-0.2, 0) is 0 Å². The van der Waals surface area contributed by atoms with Gasteiger partial charge in [0.05, 0.1) is 22.4 Å². The standard InChI is InChI=1S/C72H44N2/c1-5-17-45(18-6-1)67-63-43-53-33-36-62-66-54(34-35-61(65(53)66)71(63)73(59-25-9-3-10-26-59)69(67)55-31-29-51-37-47-21-13-15-23-49(47)39-57(51)41-55)44-64-68(46-19-7-2-8-20-46)70(74(72(62)64)60-27-11-4-12-28-60)56-32-30-52-38-48-22-14-16-24-50(48)40-58(52)42-56/h1-44H. The lowest BCUT2D eigenvalue weighted by molar-refractivity contribution is 1.14. The molecule has 0 saturated carbocycles. The Balaban J connectivity index is 1.05. The van der Waals surface area contributed by atoms with E-state index in [9.17, 15) is 0 Å². The van der Waals surface area contributed by atoms with Crippen LogP contribution in [0.25, 0.3) is 153 Å². The average Bonchev–Trinajstić information content (AvgIpc) is 4.08. The molecule has 0 amide bonds. The number of nitrogens with zero attached hydrogens (tertiary/aromatic N) is 2. The van der Waals surface area contributed by atoms with Crippen LogP contribution in [0, 0.1) is 0 Å². The van der Waals surface area contributed by atoms with E-state index in [1.54, 1.807) is 0 Å². The highest BCUT2D eigenvalue weighted by molar-refractivity contribution is 6.35. The summed E-state index contributed by atoms with van der Waals surface area (Å²) in [5.74, 6) is 0. The van der Waals surface area contributed by atoms with Crippen LogP contribution in [0.3, 0.4) is 0 Å². The van der Waals surface area contributed by atoms with E-state index >= 15 is 0 Å². The van der Waals surface area contributed by atoms with Crippen molar-refractivity contribution in [2.24, 2.45) is 0 Å². The Kier molecular flexibility index (Phi) is 8.78. The first-order valence-corrected chi connectivity index (χ1v) is 25.7. The first-order chi connectivity index (χ1) is 36.7. The van der Waals surface area contributed by atoms with Gasteiger partial charge in [-0.1, -0.05) is 194 Å². The fraction of sp³-hybridized carbons (Fsp3) is 0. The summed E-state index contributed by atoms with van der Waals surface area (Å²) in [6.45, 7) is 0. The van der Waals surface area contributed by atoms with Crippen LogP contribution in [0.1, 0.15) is 0 Å². The smallest absolute Gasteiger partial charge is 0.0620 e. The number of benzene rings is 14. The number of hydrogen-bond acceptors (Lipinski definition) is 0. The summed E-state index contributed by atoms with van der Waals surface area (Å²) in [7, 11) is 0. The molecule has 2 aromatic heterocycles. The minimum Gasteiger partial charge on any atom is -0.308 e. The minimum absolute atomic E-state index is 1.13. The molecular formula is C72H44N2. The molecule has 0 radical (unpaired) electrons. The number of hydrogen-bond donors (Lipinski definition) is 0. The largest absolute Gasteiger partial charge is 0.308 e. The molecule has 0 bridgehead atoms. The molecule has 2 nitrogen and oxygen atoms in total. The van der Waals surface area contributed by atoms with Gasteiger partial charge in [0.2, 0.25) is 0 Å². The summed E-state index contributed by atoms with van der Waals surface area (Å²) >= 11 is 0. The number of aromatic nitrogens is 2. The first kappa shape index (κ1) is 40.9. The lowest BCUT2D eigenvalue weighted by Gasteiger charge is -2.17. The molecule has 0 saturated heterocycles. The second-order valence-corrected chi connectivity index (χ2v) is 20.0. The van der Waals surface area contributed by atoms with Crippen molar-refractivity contribution in [1.82, 2.24) is 9.13 Å². The predicted molar refractivity (Wildman–Crippen MR) is 316 cm³/mol. The zero-order valence-corrected chi connectivity index (χ0v) is 40.3. The Morgan fingerprint density at radius 2 is 0.527 bits per heavy atom. The summed E-state index contributed by atoms with van der Waals surface area (Å²) in [5.41, 5.74) is 14.2. The summed E-state index contributed by atoms with van der Waals surface area (Å²) < 4.78 is 5.12. The second kappa shape index (κ2) is 15.9. The lowest BCUT2D eigenvalue weighted by atomic mass is 9.89. The van der Waals surface area contributed by atoms with Crippen molar-refractivity contribution >= 4 is 97.2 Å². The van der Waals surface area contributed by atoms with Gasteiger partial charge in [0.15, 0.2) is 0 Å². The zero-order valence-electron chi connectivity index (χ0n) is 40.3. The van der Waals surface area contributed by atoms with Gasteiger partial charge in [0.25, 0.3) is 0 Å². The molecule has 2 heterocycles. The summed E-state index contributed by atoms with van der Waals surface area (Å²) in [6, 6.07) is 99.4. The van der Waals surface area contributed by atoms with Crippen molar-refractivity contribution in [2.75, 3.05) is 0 Å². The molecule has 16 rings (SSSR count). The maximum Gasteiger partial charge on any atom is 0.0620 e. The van der Waals surface area contributed by atoms with E-state index in [4.69, 9.17) is 0 Å². The molecule has 16 aromatic rings. The molecule has 2 heteroatoms. The van der Waals surface area contributed by atoms with Gasteiger partial charge >= 0.3 is 0 Å². The van der Waals surface area contributed by atoms with Crippen molar-refractivity contribution in [3.8, 4) is 56.1 Å². The SMILES string of the molecule is c1ccc(-c2c(-c3ccc4cc5ccccc5cc4c3)n(-c3ccccc3)c3c2cc2ccc4c5c(ccc3c25)cc2c(-c3ccccc3)c(-c3ccc5cc6ccccc6cc5c3)n(-c3ccccc3)c24)cc1. The molecular weight excluding hydrogens is 893 g/mol. The molecule has 0 aliphatic rings. The van der Waals surface area contributed by atoms with E-state index in [1.165, 1.54) is 142 Å². The van der Waals surface area contributed by atoms with Crippen molar-refractivity contribution in [3.63, 3.8) is 0 Å². The van der Waals surface area contributed by atoms with E-state index in [-0.39, 0.29) is 0 Å². The highest BCUT2D eigenvalue weighted by Crippen LogP contribution is 2.52. The Morgan fingerprint density at radius 1 is 0.203 bits per heavy atom. The maximum atomic E-state index is 2.56. The van der Waals surface area contributed by atoms with Crippen LogP contribution >= 0.6 is 0 Å². The molecule has 342 valence electrons. The van der Waals surface area contributed by atoms with Gasteiger partial charge in [-0.3, -0.25) is 0 Å². The average molecular weight is 937 g/mol. The summed E-state index contributed by atoms with van der Waals surface area (Å²) in [4.78, 5) is 0. The van der Waals surface area contributed by atoms with Crippen LogP contribution in [-0.4, -0.2) is 9.13 Å². The Bertz CT molecular complexity index is 4600. The third-order valence-electron chi connectivity index (χ3n) is 15.9. The van der Waals surface area contributed by atoms with Gasteiger partial charge in [0, 0.05) is 44.0 Å². The Morgan fingerprint density at radius 3 is 0.919 bits per heavy atom. The second-order valence-electron chi connectivity index (χ2n) is 20.0. The van der Waals surface area contributed by atoms with Crippen LogP contribution in [0.15, 0.2) is 267 Å². The lowest BCUT2D eigenvalue weighted by Crippen LogP contribution is -1.99. The molecule has 14 aromatic carbocycles. The van der Waals surface area contributed by atoms with Gasteiger partial charge in [0.1, 0.15) is 0 Å². The molecule has 0 N–H and O–H groups in total. The third-order valence-corrected chi connectivity index (χ3v) is 15.9. The molecule has 0 fully saturated rings. The quantitative estimate of drug-likeness (QED) is 0.116. The minimum atomic E-state index is 1.13. The van der Waals surface area contributed by atoms with E-state index in [0.29, 0.717) is 0 Å². The maximum absolute atomic E-state index is 2.56. The van der Waals surface area contributed by atoms with Crippen molar-refractivity contribution in [1.29, 1.82) is 0 Å². The van der Waals surface area contributed by atoms with Gasteiger partial charge in [-0.05, 0) is 160 Å². The highest BCUT2D eigenvalue weighted by Gasteiger charge is 2.28. The van der Waals surface area contributed by atoms with Gasteiger partial charge in [-0.15, -0.1) is 0 Å². The fourth-order valence-corrected chi connectivity index (χ4v) is 12.7. The van der Waals surface area contributed by atoms with E-state index in [0.717, 1.165) is 11.4 Å². The Labute approximate surface area is 427 Å². The normalized spacial score (nSPS) is 12.1. The predicted octanol–water partition coefficient (Wildman–Crippen LogP) is 19.8. The number of para-hydroxylation sites is 2.